The molecule has 2 N–H and O–H groups in total. The smallest absolute Gasteiger partial charge is 0.313 e. The number of hydrogen-bond acceptors (Lipinski definition) is 6. The molecule has 8 heteroatoms. The summed E-state index contributed by atoms with van der Waals surface area (Å²) in [6.45, 7) is 5.84. The molecule has 2 aliphatic heterocycles. The molecule has 0 aliphatic carbocycles. The van der Waals surface area contributed by atoms with Crippen molar-refractivity contribution in [1.82, 2.24) is 10.2 Å². The van der Waals surface area contributed by atoms with E-state index in [4.69, 9.17) is 9.47 Å². The van der Waals surface area contributed by atoms with Crippen LogP contribution in [-0.4, -0.2) is 56.2 Å². The number of nitrogens with zero attached hydrogens (tertiary/aromatic N) is 2. The Kier molecular flexibility index (Phi) is 7.04. The largest absolute Gasteiger partial charge is 0.454 e. The van der Waals surface area contributed by atoms with Crippen molar-refractivity contribution in [2.45, 2.75) is 13.0 Å². The molecular weight excluding hydrogens is 456 g/mol. The summed E-state index contributed by atoms with van der Waals surface area (Å²) in [6, 6.07) is 23.5. The van der Waals surface area contributed by atoms with Gasteiger partial charge in [0, 0.05) is 44.1 Å². The molecule has 5 rings (SSSR count). The van der Waals surface area contributed by atoms with E-state index in [0.29, 0.717) is 23.7 Å². The molecule has 2 aliphatic rings. The van der Waals surface area contributed by atoms with Crippen molar-refractivity contribution in [3.05, 3.63) is 83.9 Å². The zero-order chi connectivity index (χ0) is 24.9. The van der Waals surface area contributed by atoms with Crippen LogP contribution in [0.15, 0.2) is 72.8 Å². The normalized spacial score (nSPS) is 15.9. The summed E-state index contributed by atoms with van der Waals surface area (Å²) < 4.78 is 11.1. The number of amides is 2. The average Bonchev–Trinajstić information content (AvgIpc) is 3.39. The van der Waals surface area contributed by atoms with Crippen LogP contribution in [0.3, 0.4) is 0 Å². The van der Waals surface area contributed by atoms with Gasteiger partial charge in [-0.1, -0.05) is 42.0 Å². The number of piperazine rings is 1. The van der Waals surface area contributed by atoms with Crippen LogP contribution in [0.25, 0.3) is 0 Å². The fraction of sp³-hybridized carbons (Fsp3) is 0.286. The monoisotopic (exact) mass is 486 g/mol. The van der Waals surface area contributed by atoms with E-state index in [1.807, 2.05) is 55.5 Å². The zero-order valence-corrected chi connectivity index (χ0v) is 20.3. The molecule has 0 unspecified atom stereocenters. The second-order valence-electron chi connectivity index (χ2n) is 9.02. The minimum atomic E-state index is -0.683. The summed E-state index contributed by atoms with van der Waals surface area (Å²) in [6.07, 6.45) is 0. The van der Waals surface area contributed by atoms with Crippen molar-refractivity contribution in [3.63, 3.8) is 0 Å². The van der Waals surface area contributed by atoms with E-state index in [9.17, 15) is 9.59 Å². The van der Waals surface area contributed by atoms with Gasteiger partial charge in [0.1, 0.15) is 0 Å². The minimum absolute atomic E-state index is 0.117. The van der Waals surface area contributed by atoms with E-state index in [-0.39, 0.29) is 12.8 Å². The lowest BCUT2D eigenvalue weighted by Crippen LogP contribution is -2.50. The van der Waals surface area contributed by atoms with Gasteiger partial charge in [0.2, 0.25) is 6.79 Å². The third kappa shape index (κ3) is 5.44. The van der Waals surface area contributed by atoms with Crippen LogP contribution in [0.1, 0.15) is 17.2 Å². The molecule has 1 atom stereocenters. The molecule has 1 fully saturated rings. The number of hydrogen-bond donors (Lipinski definition) is 2. The van der Waals surface area contributed by atoms with Crippen LogP contribution in [0, 0.1) is 6.92 Å². The van der Waals surface area contributed by atoms with Gasteiger partial charge in [-0.2, -0.15) is 0 Å². The number of nitrogens with one attached hydrogen (secondary N) is 2. The van der Waals surface area contributed by atoms with Crippen LogP contribution < -0.4 is 25.0 Å². The highest BCUT2D eigenvalue weighted by Gasteiger charge is 2.28. The van der Waals surface area contributed by atoms with Gasteiger partial charge in [-0.3, -0.25) is 14.5 Å². The van der Waals surface area contributed by atoms with Crippen LogP contribution in [0.2, 0.25) is 0 Å². The maximum atomic E-state index is 12.7. The SMILES string of the molecule is Cc1ccc(NC(=O)C(=O)NC[C@H](c2ccc3c(c2)OCO3)N2CCN(c3ccccc3)CC2)cc1. The summed E-state index contributed by atoms with van der Waals surface area (Å²) in [7, 11) is 0. The van der Waals surface area contributed by atoms with E-state index in [0.717, 1.165) is 37.3 Å². The number of carbonyl (C=O) groups excluding carboxylic acids is 2. The molecule has 36 heavy (non-hydrogen) atoms. The van der Waals surface area contributed by atoms with Crippen molar-refractivity contribution < 1.29 is 19.1 Å². The van der Waals surface area contributed by atoms with Crippen molar-refractivity contribution in [3.8, 4) is 11.5 Å². The third-order valence-electron chi connectivity index (χ3n) is 6.63. The Hall–Kier alpha value is -4.04. The first-order chi connectivity index (χ1) is 17.6. The van der Waals surface area contributed by atoms with E-state index in [1.165, 1.54) is 5.69 Å². The molecule has 186 valence electrons. The van der Waals surface area contributed by atoms with E-state index in [2.05, 4.69) is 32.6 Å². The molecular formula is C28H30N4O4. The first-order valence-electron chi connectivity index (χ1n) is 12.2. The highest BCUT2D eigenvalue weighted by Crippen LogP contribution is 2.35. The van der Waals surface area contributed by atoms with Gasteiger partial charge >= 0.3 is 11.8 Å². The van der Waals surface area contributed by atoms with Gasteiger partial charge in [-0.05, 0) is 48.9 Å². The Labute approximate surface area is 210 Å². The maximum Gasteiger partial charge on any atom is 0.313 e. The molecule has 3 aromatic carbocycles. The Bertz CT molecular complexity index is 1210. The fourth-order valence-electron chi connectivity index (χ4n) is 4.60. The number of ether oxygens (including phenoxy) is 2. The number of benzene rings is 3. The van der Waals surface area contributed by atoms with Gasteiger partial charge in [0.25, 0.3) is 0 Å². The zero-order valence-electron chi connectivity index (χ0n) is 20.3. The quantitative estimate of drug-likeness (QED) is 0.520. The second kappa shape index (κ2) is 10.7. The molecule has 2 amide bonds. The van der Waals surface area contributed by atoms with Crippen LogP contribution >= 0.6 is 0 Å². The minimum Gasteiger partial charge on any atom is -0.454 e. The number of aryl methyl sites for hydroxylation is 1. The van der Waals surface area contributed by atoms with Crippen molar-refractivity contribution >= 4 is 23.2 Å². The van der Waals surface area contributed by atoms with E-state index in [1.54, 1.807) is 12.1 Å². The first kappa shape index (κ1) is 23.7. The number of fused-ring (bicyclic) bond motifs is 1. The Morgan fingerprint density at radius 3 is 2.33 bits per heavy atom. The van der Waals surface area contributed by atoms with Gasteiger partial charge < -0.3 is 25.0 Å². The predicted octanol–water partition coefficient (Wildman–Crippen LogP) is 3.34. The Balaban J connectivity index is 1.27. The van der Waals surface area contributed by atoms with E-state index < -0.39 is 11.8 Å². The van der Waals surface area contributed by atoms with Crippen LogP contribution in [-0.2, 0) is 9.59 Å². The van der Waals surface area contributed by atoms with Crippen molar-refractivity contribution in [1.29, 1.82) is 0 Å². The van der Waals surface area contributed by atoms with Crippen LogP contribution in [0.4, 0.5) is 11.4 Å². The molecule has 2 heterocycles. The summed E-state index contributed by atoms with van der Waals surface area (Å²) in [4.78, 5) is 29.9. The van der Waals surface area contributed by atoms with Gasteiger partial charge in [-0.25, -0.2) is 0 Å². The molecule has 3 aromatic rings. The molecule has 0 spiro atoms. The fourth-order valence-corrected chi connectivity index (χ4v) is 4.60. The number of anilines is 2. The molecule has 0 saturated carbocycles. The predicted molar refractivity (Wildman–Crippen MR) is 138 cm³/mol. The molecule has 8 nitrogen and oxygen atoms in total. The number of para-hydroxylation sites is 1. The third-order valence-corrected chi connectivity index (χ3v) is 6.63. The Morgan fingerprint density at radius 2 is 1.58 bits per heavy atom. The maximum absolute atomic E-state index is 12.7. The number of rotatable bonds is 6. The highest BCUT2D eigenvalue weighted by atomic mass is 16.7. The molecule has 0 aromatic heterocycles. The molecule has 0 radical (unpaired) electrons. The average molecular weight is 487 g/mol. The van der Waals surface area contributed by atoms with Gasteiger partial charge in [0.05, 0.1) is 6.04 Å². The first-order valence-corrected chi connectivity index (χ1v) is 12.2. The lowest BCUT2D eigenvalue weighted by Gasteiger charge is -2.40. The molecule has 1 saturated heterocycles. The lowest BCUT2D eigenvalue weighted by atomic mass is 10.0. The second-order valence-corrected chi connectivity index (χ2v) is 9.02. The summed E-state index contributed by atoms with van der Waals surface area (Å²) in [5, 5.41) is 5.50. The summed E-state index contributed by atoms with van der Waals surface area (Å²) >= 11 is 0. The highest BCUT2D eigenvalue weighted by molar-refractivity contribution is 6.39. The van der Waals surface area contributed by atoms with E-state index >= 15 is 0 Å². The van der Waals surface area contributed by atoms with Gasteiger partial charge in [0.15, 0.2) is 11.5 Å². The van der Waals surface area contributed by atoms with Crippen molar-refractivity contribution in [2.75, 3.05) is 49.7 Å². The topological polar surface area (TPSA) is 83.1 Å². The number of carbonyl (C=O) groups is 2. The van der Waals surface area contributed by atoms with Crippen LogP contribution in [0.5, 0.6) is 11.5 Å². The Morgan fingerprint density at radius 1 is 0.861 bits per heavy atom. The van der Waals surface area contributed by atoms with Crippen molar-refractivity contribution in [2.24, 2.45) is 0 Å². The van der Waals surface area contributed by atoms with Gasteiger partial charge in [-0.15, -0.1) is 0 Å². The standard InChI is InChI=1S/C28H30N4O4/c1-20-7-10-22(11-8-20)30-28(34)27(33)29-18-24(21-9-12-25-26(17-21)36-19-35-25)32-15-13-31(14-16-32)23-5-3-2-4-6-23/h2-12,17,24H,13-16,18-19H2,1H3,(H,29,33)(H,30,34)/t24-/m1/s1. The summed E-state index contributed by atoms with van der Waals surface area (Å²) in [5.74, 6) is 0.0678. The molecule has 0 bridgehead atoms. The summed E-state index contributed by atoms with van der Waals surface area (Å²) in [5.41, 5.74) is 3.88. The lowest BCUT2D eigenvalue weighted by molar-refractivity contribution is -0.136.